The molecule has 0 aliphatic carbocycles. The molecule has 4 heterocycles. The van der Waals surface area contributed by atoms with Gasteiger partial charge < -0.3 is 0 Å². The molecule has 0 atom stereocenters. The van der Waals surface area contributed by atoms with Gasteiger partial charge in [-0.25, -0.2) is 4.98 Å². The van der Waals surface area contributed by atoms with Crippen LogP contribution in [-0.2, 0) is 0 Å². The standard InChI is InChI=1S/C58H41N3SSi2/c1-7-23-42(24-8-1)63(43-25-9-2-10-26-43,44-27-11-3-12-28-44)54-40-39-53-56(59-54)50-41-55(60-58(57(50)62-53)61-51-37-21-19-35-48(51)49-36-20-22-38-52(49)61)64(45-29-13-4-14-30-45,46-31-15-5-16-32-46)47-33-17-6-18-34-47/h1-41H. The molecule has 6 heteroatoms. The summed E-state index contributed by atoms with van der Waals surface area (Å²) in [4.78, 5) is 12.1. The van der Waals surface area contributed by atoms with E-state index in [0.29, 0.717) is 0 Å². The van der Waals surface area contributed by atoms with Crippen molar-refractivity contribution in [2.75, 3.05) is 0 Å². The fourth-order valence-corrected chi connectivity index (χ4v) is 20.6. The molecule has 0 N–H and O–H groups in total. The van der Waals surface area contributed by atoms with Crippen molar-refractivity contribution in [2.24, 2.45) is 0 Å². The highest BCUT2D eigenvalue weighted by molar-refractivity contribution is 7.26. The lowest BCUT2D eigenvalue weighted by molar-refractivity contribution is 1.12. The molecule has 0 saturated carbocycles. The fourth-order valence-electron chi connectivity index (χ4n) is 10.3. The van der Waals surface area contributed by atoms with E-state index in [9.17, 15) is 0 Å². The van der Waals surface area contributed by atoms with Gasteiger partial charge in [-0.15, -0.1) is 11.3 Å². The van der Waals surface area contributed by atoms with Gasteiger partial charge in [-0.1, -0.05) is 218 Å². The maximum atomic E-state index is 6.07. The van der Waals surface area contributed by atoms with Crippen LogP contribution in [0.25, 0.3) is 47.9 Å². The fraction of sp³-hybridized carbons (Fsp3) is 0. The molecule has 4 aromatic heterocycles. The molecule has 0 saturated heterocycles. The van der Waals surface area contributed by atoms with E-state index >= 15 is 0 Å². The molecular formula is C58H41N3SSi2. The number of nitrogens with zero attached hydrogens (tertiary/aromatic N) is 3. The Kier molecular flexibility index (Phi) is 9.37. The Bertz CT molecular complexity index is 3350. The lowest BCUT2D eigenvalue weighted by Crippen LogP contribution is -2.75. The van der Waals surface area contributed by atoms with Gasteiger partial charge in [0.05, 0.1) is 25.9 Å². The van der Waals surface area contributed by atoms with E-state index in [1.807, 2.05) is 0 Å². The summed E-state index contributed by atoms with van der Waals surface area (Å²) in [5, 5.41) is 13.5. The van der Waals surface area contributed by atoms with Gasteiger partial charge in [-0.3, -0.25) is 9.55 Å². The van der Waals surface area contributed by atoms with Gasteiger partial charge in [0.2, 0.25) is 16.1 Å². The van der Waals surface area contributed by atoms with Crippen LogP contribution in [0.1, 0.15) is 0 Å². The van der Waals surface area contributed by atoms with Crippen LogP contribution in [-0.4, -0.2) is 30.7 Å². The average Bonchev–Trinajstić information content (AvgIpc) is 3.92. The van der Waals surface area contributed by atoms with E-state index < -0.39 is 16.1 Å². The zero-order valence-electron chi connectivity index (χ0n) is 34.9. The molecule has 0 spiro atoms. The molecule has 0 unspecified atom stereocenters. The van der Waals surface area contributed by atoms with Gasteiger partial charge in [0.15, 0.2) is 5.82 Å². The van der Waals surface area contributed by atoms with Crippen LogP contribution < -0.4 is 41.8 Å². The van der Waals surface area contributed by atoms with Crippen molar-refractivity contribution in [3.63, 3.8) is 0 Å². The molecule has 0 aliphatic rings. The van der Waals surface area contributed by atoms with Crippen molar-refractivity contribution in [1.82, 2.24) is 14.5 Å². The summed E-state index contributed by atoms with van der Waals surface area (Å²) in [5.74, 6) is 0.937. The molecule has 0 fully saturated rings. The highest BCUT2D eigenvalue weighted by Crippen LogP contribution is 2.39. The number of hydrogen-bond acceptors (Lipinski definition) is 3. The summed E-state index contributed by atoms with van der Waals surface area (Å²) >= 11 is 1.80. The van der Waals surface area contributed by atoms with E-state index in [4.69, 9.17) is 9.97 Å². The van der Waals surface area contributed by atoms with Gasteiger partial charge in [-0.05, 0) is 61.5 Å². The highest BCUT2D eigenvalue weighted by Gasteiger charge is 2.45. The van der Waals surface area contributed by atoms with E-state index in [1.54, 1.807) is 11.3 Å². The number of rotatable bonds is 9. The molecule has 64 heavy (non-hydrogen) atoms. The maximum absolute atomic E-state index is 6.07. The Morgan fingerprint density at radius 1 is 0.328 bits per heavy atom. The van der Waals surface area contributed by atoms with Gasteiger partial charge in [-0.2, -0.15) is 0 Å². The number of thiophene rings is 1. The van der Waals surface area contributed by atoms with Crippen molar-refractivity contribution in [3.8, 4) is 5.82 Å². The highest BCUT2D eigenvalue weighted by atomic mass is 32.1. The van der Waals surface area contributed by atoms with Gasteiger partial charge in [0.25, 0.3) is 0 Å². The van der Waals surface area contributed by atoms with Crippen LogP contribution >= 0.6 is 11.3 Å². The minimum atomic E-state index is -3.10. The minimum absolute atomic E-state index is 0.937. The third kappa shape index (κ3) is 5.84. The summed E-state index contributed by atoms with van der Waals surface area (Å²) in [7, 11) is -6.05. The number of fused-ring (bicyclic) bond motifs is 6. The van der Waals surface area contributed by atoms with Crippen molar-refractivity contribution in [3.05, 3.63) is 249 Å². The van der Waals surface area contributed by atoms with E-state index in [0.717, 1.165) is 47.8 Å². The molecule has 0 bridgehead atoms. The van der Waals surface area contributed by atoms with Crippen molar-refractivity contribution >= 4 is 111 Å². The number of hydrogen-bond donors (Lipinski definition) is 0. The monoisotopic (exact) mass is 867 g/mol. The number of aromatic nitrogens is 3. The van der Waals surface area contributed by atoms with Gasteiger partial charge in [0, 0.05) is 26.8 Å². The van der Waals surface area contributed by atoms with Crippen molar-refractivity contribution in [1.29, 1.82) is 0 Å². The van der Waals surface area contributed by atoms with Crippen LogP contribution in [0, 0.1) is 0 Å². The lowest BCUT2D eigenvalue weighted by Gasteiger charge is -2.34. The second-order valence-corrected chi connectivity index (χ2v) is 25.0. The van der Waals surface area contributed by atoms with Crippen molar-refractivity contribution in [2.45, 2.75) is 0 Å². The van der Waals surface area contributed by atoms with Crippen molar-refractivity contribution < 1.29 is 0 Å². The summed E-state index contributed by atoms with van der Waals surface area (Å²) in [6.07, 6.45) is 0. The summed E-state index contributed by atoms with van der Waals surface area (Å²) < 4.78 is 4.69. The molecule has 8 aromatic carbocycles. The lowest BCUT2D eigenvalue weighted by atomic mass is 10.2. The van der Waals surface area contributed by atoms with Crippen LogP contribution in [0.5, 0.6) is 0 Å². The van der Waals surface area contributed by atoms with E-state index in [2.05, 4.69) is 253 Å². The molecular weight excluding hydrogens is 827 g/mol. The first-order valence-corrected chi connectivity index (χ1v) is 26.6. The molecule has 302 valence electrons. The predicted molar refractivity (Wildman–Crippen MR) is 276 cm³/mol. The Morgan fingerprint density at radius 3 is 1.09 bits per heavy atom. The quantitative estimate of drug-likeness (QED) is 0.108. The Labute approximate surface area is 378 Å². The third-order valence-electron chi connectivity index (χ3n) is 13.1. The number of benzene rings is 8. The molecule has 12 rings (SSSR count). The van der Waals surface area contributed by atoms with Gasteiger partial charge >= 0.3 is 0 Å². The summed E-state index contributed by atoms with van der Waals surface area (Å²) in [5.41, 5.74) is 3.28. The second kappa shape index (κ2) is 15.7. The molecule has 3 nitrogen and oxygen atoms in total. The Morgan fingerprint density at radius 2 is 0.688 bits per heavy atom. The summed E-state index contributed by atoms with van der Waals surface area (Å²) in [6, 6.07) is 91.3. The first-order chi connectivity index (χ1) is 31.8. The third-order valence-corrected chi connectivity index (χ3v) is 23.5. The Hall–Kier alpha value is -7.49. The number of pyridine rings is 2. The van der Waals surface area contributed by atoms with Gasteiger partial charge in [0.1, 0.15) is 0 Å². The minimum Gasteiger partial charge on any atom is -0.293 e. The second-order valence-electron chi connectivity index (χ2n) is 16.4. The molecule has 0 radical (unpaired) electrons. The van der Waals surface area contributed by atoms with Crippen LogP contribution in [0.2, 0.25) is 0 Å². The van der Waals surface area contributed by atoms with E-state index in [1.165, 1.54) is 41.9 Å². The zero-order valence-corrected chi connectivity index (χ0v) is 37.7. The van der Waals surface area contributed by atoms with Crippen LogP contribution in [0.4, 0.5) is 0 Å². The summed E-state index contributed by atoms with van der Waals surface area (Å²) in [6.45, 7) is 0. The number of para-hydroxylation sites is 2. The molecule has 0 aliphatic heterocycles. The van der Waals surface area contributed by atoms with Crippen LogP contribution in [0.15, 0.2) is 249 Å². The average molecular weight is 868 g/mol. The molecule has 0 amide bonds. The SMILES string of the molecule is c1ccc([Si](c2ccccc2)(c2ccccc2)c2cc3c(sc4ccc([Si](c5ccccc5)(c5ccccc5)c5ccccc5)nc43)c(-n3c4ccccc4c4ccccc43)n2)cc1. The predicted octanol–water partition coefficient (Wildman–Crippen LogP) is 8.70. The Balaban J connectivity index is 1.26. The zero-order chi connectivity index (χ0) is 42.5. The largest absolute Gasteiger partial charge is 0.293 e. The maximum Gasteiger partial charge on any atom is 0.202 e. The van der Waals surface area contributed by atoms with Crippen LogP contribution in [0.3, 0.4) is 0 Å². The first kappa shape index (κ1) is 38.2. The normalized spacial score (nSPS) is 12.1. The van der Waals surface area contributed by atoms with E-state index in [-0.39, 0.29) is 0 Å². The smallest absolute Gasteiger partial charge is 0.202 e. The first-order valence-electron chi connectivity index (χ1n) is 21.8. The molecule has 12 aromatic rings. The topological polar surface area (TPSA) is 30.7 Å².